The van der Waals surface area contributed by atoms with E-state index in [2.05, 4.69) is 26.5 Å². The number of amides is 1. The number of carbonyl (C=O) groups is 1. The quantitative estimate of drug-likeness (QED) is 0.196. The number of nitrogens with one attached hydrogen (secondary N) is 1. The van der Waals surface area contributed by atoms with Crippen molar-refractivity contribution in [2.75, 3.05) is 6.61 Å². The number of nitrogens with zero attached hydrogens (tertiary/aromatic N) is 1. The van der Waals surface area contributed by atoms with Crippen molar-refractivity contribution in [2.24, 2.45) is 5.10 Å². The maximum Gasteiger partial charge on any atom is 0.271 e. The van der Waals surface area contributed by atoms with Crippen molar-refractivity contribution in [1.29, 1.82) is 0 Å². The van der Waals surface area contributed by atoms with Gasteiger partial charge in [-0.05, 0) is 93.5 Å². The Kier molecular flexibility index (Phi) is 8.46. The van der Waals surface area contributed by atoms with Crippen molar-refractivity contribution in [2.45, 2.75) is 13.5 Å². The van der Waals surface area contributed by atoms with E-state index in [0.717, 1.165) is 5.56 Å². The zero-order valence-electron chi connectivity index (χ0n) is 16.9. The number of hydrogen-bond donors (Lipinski definition) is 2. The molecule has 2 N–H and O–H groups in total. The van der Waals surface area contributed by atoms with E-state index in [4.69, 9.17) is 9.47 Å². The lowest BCUT2D eigenvalue weighted by molar-refractivity contribution is 0.0954. The van der Waals surface area contributed by atoms with Gasteiger partial charge in [0.2, 0.25) is 0 Å². The first-order valence-electron chi connectivity index (χ1n) is 9.53. The third kappa shape index (κ3) is 6.42. The third-order valence-electron chi connectivity index (χ3n) is 4.25. The summed E-state index contributed by atoms with van der Waals surface area (Å²) < 4.78 is 25.9. The standard InChI is InChI=1S/C23H19BrFIN2O4/c1-2-31-21-10-16(12-27-28-23(30)15-5-8-19(26)20(29)9-15)18(24)11-22(21)32-13-14-3-6-17(25)7-4-14/h3-12,29H,2,13H2,1H3,(H,28,30)/b27-12-. The Morgan fingerprint density at radius 1 is 1.16 bits per heavy atom. The van der Waals surface area contributed by atoms with Gasteiger partial charge in [-0.15, -0.1) is 0 Å². The normalized spacial score (nSPS) is 10.9. The van der Waals surface area contributed by atoms with Crippen LogP contribution in [0, 0.1) is 9.39 Å². The minimum atomic E-state index is -0.451. The van der Waals surface area contributed by atoms with Crippen LogP contribution >= 0.6 is 38.5 Å². The first-order valence-corrected chi connectivity index (χ1v) is 11.4. The van der Waals surface area contributed by atoms with Crippen LogP contribution in [0.15, 0.2) is 64.2 Å². The molecule has 0 unspecified atom stereocenters. The highest BCUT2D eigenvalue weighted by molar-refractivity contribution is 14.1. The average Bonchev–Trinajstić information content (AvgIpc) is 2.77. The Labute approximate surface area is 206 Å². The Balaban J connectivity index is 1.72. The summed E-state index contributed by atoms with van der Waals surface area (Å²) in [7, 11) is 0. The predicted octanol–water partition coefficient (Wildman–Crippen LogP) is 5.64. The van der Waals surface area contributed by atoms with Crippen molar-refractivity contribution >= 4 is 50.6 Å². The van der Waals surface area contributed by atoms with Crippen LogP contribution in [0.2, 0.25) is 0 Å². The number of halogens is 3. The van der Waals surface area contributed by atoms with Gasteiger partial charge in [-0.25, -0.2) is 9.82 Å². The fourth-order valence-electron chi connectivity index (χ4n) is 2.65. The van der Waals surface area contributed by atoms with Gasteiger partial charge in [0, 0.05) is 15.6 Å². The molecule has 0 aliphatic rings. The van der Waals surface area contributed by atoms with Gasteiger partial charge in [0.1, 0.15) is 18.2 Å². The lowest BCUT2D eigenvalue weighted by atomic mass is 10.2. The highest BCUT2D eigenvalue weighted by atomic mass is 127. The van der Waals surface area contributed by atoms with Gasteiger partial charge < -0.3 is 14.6 Å². The van der Waals surface area contributed by atoms with Crippen LogP contribution in [0.1, 0.15) is 28.4 Å². The Hall–Kier alpha value is -2.66. The van der Waals surface area contributed by atoms with Crippen molar-refractivity contribution in [3.63, 3.8) is 0 Å². The molecule has 0 radical (unpaired) electrons. The number of ether oxygens (including phenoxy) is 2. The van der Waals surface area contributed by atoms with Gasteiger partial charge in [0.15, 0.2) is 11.5 Å². The molecular weight excluding hydrogens is 594 g/mol. The molecule has 0 aliphatic heterocycles. The van der Waals surface area contributed by atoms with Crippen LogP contribution in [-0.4, -0.2) is 23.8 Å². The number of phenolic OH excluding ortho intramolecular Hbond substituents is 1. The second-order valence-corrected chi connectivity index (χ2v) is 8.55. The summed E-state index contributed by atoms with van der Waals surface area (Å²) in [6.07, 6.45) is 1.47. The second-order valence-electron chi connectivity index (χ2n) is 6.53. The highest BCUT2D eigenvalue weighted by Crippen LogP contribution is 2.34. The fourth-order valence-corrected chi connectivity index (χ4v) is 3.41. The average molecular weight is 613 g/mol. The fraction of sp³-hybridized carbons (Fsp3) is 0.130. The molecule has 1 amide bonds. The van der Waals surface area contributed by atoms with Crippen LogP contribution in [0.25, 0.3) is 0 Å². The largest absolute Gasteiger partial charge is 0.507 e. The first-order chi connectivity index (χ1) is 15.4. The number of rotatable bonds is 8. The number of carbonyl (C=O) groups excluding carboxylic acids is 1. The maximum atomic E-state index is 13.1. The number of aromatic hydroxyl groups is 1. The number of hydrogen-bond acceptors (Lipinski definition) is 5. The van der Waals surface area contributed by atoms with E-state index in [0.29, 0.717) is 37.3 Å². The maximum absolute atomic E-state index is 13.1. The van der Waals surface area contributed by atoms with Gasteiger partial charge in [-0.2, -0.15) is 5.10 Å². The van der Waals surface area contributed by atoms with Crippen LogP contribution in [0.3, 0.4) is 0 Å². The summed E-state index contributed by atoms with van der Waals surface area (Å²) >= 11 is 5.45. The molecule has 9 heteroatoms. The van der Waals surface area contributed by atoms with Crippen LogP contribution in [0.5, 0.6) is 17.2 Å². The van der Waals surface area contributed by atoms with Crippen molar-refractivity contribution in [3.05, 3.63) is 85.1 Å². The predicted molar refractivity (Wildman–Crippen MR) is 132 cm³/mol. The molecular formula is C23H19BrFIN2O4. The highest BCUT2D eigenvalue weighted by Gasteiger charge is 2.11. The van der Waals surface area contributed by atoms with E-state index in [-0.39, 0.29) is 18.2 Å². The summed E-state index contributed by atoms with van der Waals surface area (Å²) in [6, 6.07) is 14.2. The molecule has 0 saturated heterocycles. The molecule has 166 valence electrons. The second kappa shape index (κ2) is 11.3. The molecule has 3 aromatic rings. The van der Waals surface area contributed by atoms with Crippen molar-refractivity contribution in [1.82, 2.24) is 5.43 Å². The Morgan fingerprint density at radius 3 is 2.56 bits per heavy atom. The minimum Gasteiger partial charge on any atom is -0.507 e. The van der Waals surface area contributed by atoms with E-state index in [1.54, 1.807) is 36.4 Å². The van der Waals surface area contributed by atoms with Gasteiger partial charge >= 0.3 is 0 Å². The summed E-state index contributed by atoms with van der Waals surface area (Å²) in [6.45, 7) is 2.54. The molecule has 3 aromatic carbocycles. The molecule has 0 fully saturated rings. The molecule has 6 nitrogen and oxygen atoms in total. The third-order valence-corrected chi connectivity index (χ3v) is 5.85. The summed E-state index contributed by atoms with van der Waals surface area (Å²) in [5.41, 5.74) is 4.20. The number of benzene rings is 3. The molecule has 0 spiro atoms. The molecule has 0 saturated carbocycles. The van der Waals surface area contributed by atoms with Crippen molar-refractivity contribution in [3.8, 4) is 17.2 Å². The topological polar surface area (TPSA) is 80.2 Å². The van der Waals surface area contributed by atoms with E-state index >= 15 is 0 Å². The molecule has 32 heavy (non-hydrogen) atoms. The minimum absolute atomic E-state index is 0.0301. The van der Waals surface area contributed by atoms with Gasteiger partial charge in [-0.3, -0.25) is 4.79 Å². The van der Waals surface area contributed by atoms with Gasteiger partial charge in [0.25, 0.3) is 5.91 Å². The molecule has 0 aromatic heterocycles. The van der Waals surface area contributed by atoms with E-state index in [1.807, 2.05) is 29.5 Å². The summed E-state index contributed by atoms with van der Waals surface area (Å²) in [5.74, 6) is 0.295. The van der Waals surface area contributed by atoms with Crippen LogP contribution in [0.4, 0.5) is 4.39 Å². The number of phenols is 1. The van der Waals surface area contributed by atoms with Crippen molar-refractivity contribution < 1.29 is 23.8 Å². The molecule has 0 aliphatic carbocycles. The molecule has 0 bridgehead atoms. The van der Waals surface area contributed by atoms with E-state index in [1.165, 1.54) is 24.4 Å². The molecule has 3 rings (SSSR count). The van der Waals surface area contributed by atoms with E-state index < -0.39 is 5.91 Å². The molecule has 0 atom stereocenters. The Morgan fingerprint density at radius 2 is 1.88 bits per heavy atom. The van der Waals surface area contributed by atoms with E-state index in [9.17, 15) is 14.3 Å². The van der Waals surface area contributed by atoms with Crippen LogP contribution in [-0.2, 0) is 6.61 Å². The smallest absolute Gasteiger partial charge is 0.271 e. The van der Waals surface area contributed by atoms with Crippen LogP contribution < -0.4 is 14.9 Å². The zero-order chi connectivity index (χ0) is 23.1. The summed E-state index contributed by atoms with van der Waals surface area (Å²) in [4.78, 5) is 12.2. The van der Waals surface area contributed by atoms with Gasteiger partial charge in [-0.1, -0.05) is 12.1 Å². The zero-order valence-corrected chi connectivity index (χ0v) is 20.7. The monoisotopic (exact) mass is 612 g/mol. The lowest BCUT2D eigenvalue weighted by Gasteiger charge is -2.14. The Bertz CT molecular complexity index is 1140. The van der Waals surface area contributed by atoms with Gasteiger partial charge in [0.05, 0.1) is 16.4 Å². The number of hydrazone groups is 1. The SMILES string of the molecule is CCOc1cc(/C=N\NC(=O)c2ccc(I)c(O)c2)c(Br)cc1OCc1ccc(F)cc1. The molecule has 0 heterocycles. The lowest BCUT2D eigenvalue weighted by Crippen LogP contribution is -2.17. The summed E-state index contributed by atoms with van der Waals surface area (Å²) in [5, 5.41) is 13.7. The first kappa shape index (κ1) is 24.0.